The van der Waals surface area contributed by atoms with Gasteiger partial charge in [0.15, 0.2) is 0 Å². The summed E-state index contributed by atoms with van der Waals surface area (Å²) < 4.78 is 0. The summed E-state index contributed by atoms with van der Waals surface area (Å²) >= 11 is 0. The summed E-state index contributed by atoms with van der Waals surface area (Å²) in [5.74, 6) is 0.526. The molecule has 3 rings (SSSR count). The lowest BCUT2D eigenvalue weighted by Crippen LogP contribution is -2.38. The highest BCUT2D eigenvalue weighted by molar-refractivity contribution is 6.97. The van der Waals surface area contributed by atoms with Gasteiger partial charge < -0.3 is 0 Å². The van der Waals surface area contributed by atoms with Crippen LogP contribution in [0.1, 0.15) is 43.4 Å². The molecule has 23 heavy (non-hydrogen) atoms. The molecule has 0 aliphatic heterocycles. The zero-order valence-corrected chi connectivity index (χ0v) is 16.1. The second-order valence-corrected chi connectivity index (χ2v) is 13.6. The van der Waals surface area contributed by atoms with Crippen molar-refractivity contribution in [3.8, 4) is 0 Å². The lowest BCUT2D eigenvalue weighted by molar-refractivity contribution is 0.730. The number of hydrogen-bond donors (Lipinski definition) is 0. The minimum Gasteiger partial charge on any atom is -0.0768 e. The van der Waals surface area contributed by atoms with Crippen molar-refractivity contribution in [2.45, 2.75) is 51.2 Å². The van der Waals surface area contributed by atoms with Crippen LogP contribution >= 0.6 is 0 Å². The Morgan fingerprint density at radius 2 is 1.48 bits per heavy atom. The van der Waals surface area contributed by atoms with Crippen LogP contribution in [0.5, 0.6) is 0 Å². The molecule has 1 atom stereocenters. The maximum atomic E-state index is 2.59. The van der Waals surface area contributed by atoms with E-state index in [-0.39, 0.29) is 0 Å². The summed E-state index contributed by atoms with van der Waals surface area (Å²) in [4.78, 5) is 0. The zero-order valence-electron chi connectivity index (χ0n) is 15.1. The molecule has 0 saturated carbocycles. The second kappa shape index (κ2) is 5.79. The number of hydrogen-bond acceptors (Lipinski definition) is 0. The molecular weight excluding hydrogens is 292 g/mol. The molecule has 0 spiro atoms. The van der Waals surface area contributed by atoms with E-state index in [1.807, 2.05) is 0 Å². The first-order valence-electron chi connectivity index (χ1n) is 8.66. The van der Waals surface area contributed by atoms with Crippen LogP contribution in [-0.4, -0.2) is 8.07 Å². The molecule has 2 aromatic carbocycles. The molecule has 0 nitrogen and oxygen atoms in total. The van der Waals surface area contributed by atoms with Crippen LogP contribution in [0, 0.1) is 0 Å². The topological polar surface area (TPSA) is 0 Å². The van der Waals surface area contributed by atoms with Crippen LogP contribution in [0.25, 0.3) is 5.20 Å². The molecule has 1 aliphatic carbocycles. The zero-order chi connectivity index (χ0) is 16.7. The van der Waals surface area contributed by atoms with E-state index >= 15 is 0 Å². The Morgan fingerprint density at radius 3 is 2.13 bits per heavy atom. The van der Waals surface area contributed by atoms with Gasteiger partial charge in [-0.05, 0) is 28.1 Å². The second-order valence-electron chi connectivity index (χ2n) is 8.34. The number of allylic oxidation sites excluding steroid dienone is 1. The highest BCUT2D eigenvalue weighted by Gasteiger charge is 2.42. The van der Waals surface area contributed by atoms with E-state index in [1.165, 1.54) is 16.7 Å². The Morgan fingerprint density at radius 1 is 0.870 bits per heavy atom. The molecular formula is C22H28Si. The van der Waals surface area contributed by atoms with E-state index in [2.05, 4.69) is 94.5 Å². The summed E-state index contributed by atoms with van der Waals surface area (Å²) in [5.41, 5.74) is 4.47. The molecule has 120 valence electrons. The van der Waals surface area contributed by atoms with E-state index in [4.69, 9.17) is 0 Å². The van der Waals surface area contributed by atoms with Gasteiger partial charge in [0.05, 0.1) is 8.07 Å². The summed E-state index contributed by atoms with van der Waals surface area (Å²) in [7, 11) is -1.52. The lowest BCUT2D eigenvalue weighted by atomic mass is 9.94. The van der Waals surface area contributed by atoms with Crippen LogP contribution in [0.4, 0.5) is 0 Å². The van der Waals surface area contributed by atoms with Crippen LogP contribution in [0.3, 0.4) is 0 Å². The van der Waals surface area contributed by atoms with Crippen molar-refractivity contribution in [3.05, 3.63) is 77.4 Å². The van der Waals surface area contributed by atoms with E-state index in [9.17, 15) is 0 Å². The predicted octanol–water partition coefficient (Wildman–Crippen LogP) is 6.46. The average Bonchev–Trinajstić information content (AvgIpc) is 2.87. The highest BCUT2D eigenvalue weighted by atomic mass is 28.3. The molecule has 0 N–H and O–H groups in total. The Hall–Kier alpha value is -1.60. The first-order valence-corrected chi connectivity index (χ1v) is 11.7. The Balaban J connectivity index is 2.03. The van der Waals surface area contributed by atoms with Crippen LogP contribution in [0.2, 0.25) is 18.1 Å². The minimum absolute atomic E-state index is 0.369. The van der Waals surface area contributed by atoms with Gasteiger partial charge in [0.25, 0.3) is 0 Å². The molecule has 0 saturated heterocycles. The molecule has 0 aromatic heterocycles. The van der Waals surface area contributed by atoms with Gasteiger partial charge in [0.1, 0.15) is 0 Å². The summed E-state index contributed by atoms with van der Waals surface area (Å²) in [6, 6.07) is 20.0. The molecule has 0 fully saturated rings. The van der Waals surface area contributed by atoms with Crippen molar-refractivity contribution < 1.29 is 0 Å². The summed E-state index contributed by atoms with van der Waals surface area (Å²) in [6.45, 7) is 12.3. The van der Waals surface area contributed by atoms with E-state index in [0.717, 1.165) is 6.42 Å². The van der Waals surface area contributed by atoms with Gasteiger partial charge in [-0.2, -0.15) is 0 Å². The minimum atomic E-state index is -1.52. The van der Waals surface area contributed by atoms with Crippen LogP contribution < -0.4 is 0 Å². The van der Waals surface area contributed by atoms with Gasteiger partial charge in [-0.1, -0.05) is 99.7 Å². The normalized spacial score (nSPS) is 17.8. The summed E-state index contributed by atoms with van der Waals surface area (Å²) in [6.07, 6.45) is 3.70. The van der Waals surface area contributed by atoms with E-state index < -0.39 is 8.07 Å². The smallest absolute Gasteiger partial charge is 0.0768 e. The van der Waals surface area contributed by atoms with Gasteiger partial charge in [-0.25, -0.2) is 0 Å². The maximum Gasteiger partial charge on any atom is 0.0863 e. The Kier molecular flexibility index (Phi) is 4.10. The standard InChI is InChI=1S/C22H28Si/c1-22(2,3)23(4,5)21-16-18(15-17-11-7-6-8-12-17)19-13-9-10-14-20(19)21/h6-14,16,18H,15H2,1-5H3. The fourth-order valence-corrected chi connectivity index (χ4v) is 5.76. The molecule has 1 heteroatoms. The van der Waals surface area contributed by atoms with Gasteiger partial charge in [-0.3, -0.25) is 0 Å². The van der Waals surface area contributed by atoms with Gasteiger partial charge in [0.2, 0.25) is 0 Å². The fourth-order valence-electron chi connectivity index (χ4n) is 3.43. The summed E-state index contributed by atoms with van der Waals surface area (Å²) in [5, 5.41) is 2.02. The average molecular weight is 321 g/mol. The van der Waals surface area contributed by atoms with Gasteiger partial charge in [0, 0.05) is 5.92 Å². The Labute approximate surface area is 142 Å². The molecule has 0 radical (unpaired) electrons. The van der Waals surface area contributed by atoms with Crippen LogP contribution in [-0.2, 0) is 6.42 Å². The molecule has 2 aromatic rings. The van der Waals surface area contributed by atoms with Gasteiger partial charge in [-0.15, -0.1) is 0 Å². The third kappa shape index (κ3) is 2.95. The molecule has 0 amide bonds. The van der Waals surface area contributed by atoms with Gasteiger partial charge >= 0.3 is 0 Å². The lowest BCUT2D eigenvalue weighted by Gasteiger charge is -2.38. The largest absolute Gasteiger partial charge is 0.0863 e. The van der Waals surface area contributed by atoms with E-state index in [1.54, 1.807) is 5.20 Å². The molecule has 1 aliphatic rings. The van der Waals surface area contributed by atoms with E-state index in [0.29, 0.717) is 11.0 Å². The van der Waals surface area contributed by atoms with Crippen molar-refractivity contribution in [2.24, 2.45) is 0 Å². The maximum absolute atomic E-state index is 2.59. The highest BCUT2D eigenvalue weighted by Crippen LogP contribution is 2.50. The van der Waals surface area contributed by atoms with Crippen molar-refractivity contribution in [3.63, 3.8) is 0 Å². The monoisotopic (exact) mass is 320 g/mol. The third-order valence-corrected chi connectivity index (χ3v) is 11.4. The molecule has 0 heterocycles. The predicted molar refractivity (Wildman–Crippen MR) is 105 cm³/mol. The van der Waals surface area contributed by atoms with Crippen molar-refractivity contribution in [2.75, 3.05) is 0 Å². The number of rotatable bonds is 3. The molecule has 0 bridgehead atoms. The van der Waals surface area contributed by atoms with Crippen LogP contribution in [0.15, 0.2) is 60.7 Å². The van der Waals surface area contributed by atoms with Crippen molar-refractivity contribution >= 4 is 13.3 Å². The molecule has 1 unspecified atom stereocenters. The first kappa shape index (κ1) is 16.3. The van der Waals surface area contributed by atoms with Crippen molar-refractivity contribution in [1.82, 2.24) is 0 Å². The quantitative estimate of drug-likeness (QED) is 0.569. The first-order chi connectivity index (χ1) is 10.8. The third-order valence-electron chi connectivity index (χ3n) is 5.87. The Bertz CT molecular complexity index is 717. The fraction of sp³-hybridized carbons (Fsp3) is 0.364. The number of benzene rings is 2. The van der Waals surface area contributed by atoms with Crippen molar-refractivity contribution in [1.29, 1.82) is 0 Å². The SMILES string of the molecule is CC(C)(C)[Si](C)(C)C1=CC(Cc2ccccc2)c2ccccc21. The number of fused-ring (bicyclic) bond motifs is 1.